The van der Waals surface area contributed by atoms with Crippen molar-refractivity contribution in [3.05, 3.63) is 164 Å². The van der Waals surface area contributed by atoms with Gasteiger partial charge < -0.3 is 8.83 Å². The molecule has 0 saturated heterocycles. The lowest BCUT2D eigenvalue weighted by atomic mass is 9.89. The molecular weight excluding hydrogens is 639 g/mol. The summed E-state index contributed by atoms with van der Waals surface area (Å²) in [5, 5.41) is 8.55. The van der Waals surface area contributed by atoms with Crippen LogP contribution in [0.5, 0.6) is 0 Å². The molecule has 11 aromatic rings. The van der Waals surface area contributed by atoms with E-state index in [4.69, 9.17) is 23.8 Å². The summed E-state index contributed by atoms with van der Waals surface area (Å²) in [6.07, 6.45) is 0. The summed E-state index contributed by atoms with van der Waals surface area (Å²) in [6.45, 7) is 0. The molecular formula is C47H27N3O2. The number of hydrogen-bond donors (Lipinski definition) is 0. The van der Waals surface area contributed by atoms with Gasteiger partial charge in [0.1, 0.15) is 22.3 Å². The maximum absolute atomic E-state index is 6.72. The van der Waals surface area contributed by atoms with Crippen molar-refractivity contribution in [3.8, 4) is 45.3 Å². The lowest BCUT2D eigenvalue weighted by Gasteiger charge is -2.16. The van der Waals surface area contributed by atoms with Gasteiger partial charge in [-0.2, -0.15) is 0 Å². The molecule has 0 saturated carbocycles. The predicted octanol–water partition coefficient (Wildman–Crippen LogP) is 12.6. The lowest BCUT2D eigenvalue weighted by molar-refractivity contribution is 0.668. The Morgan fingerprint density at radius 1 is 0.327 bits per heavy atom. The molecule has 0 N–H and O–H groups in total. The van der Waals surface area contributed by atoms with Gasteiger partial charge in [-0.3, -0.25) is 0 Å². The van der Waals surface area contributed by atoms with Crippen LogP contribution in [0.4, 0.5) is 0 Å². The van der Waals surface area contributed by atoms with Gasteiger partial charge in [-0.05, 0) is 63.7 Å². The molecule has 8 aromatic carbocycles. The molecule has 3 heterocycles. The highest BCUT2D eigenvalue weighted by Crippen LogP contribution is 2.47. The van der Waals surface area contributed by atoms with Gasteiger partial charge in [0.2, 0.25) is 0 Å². The molecule has 5 heteroatoms. The molecule has 52 heavy (non-hydrogen) atoms. The average Bonchev–Trinajstić information content (AvgIpc) is 3.79. The fourth-order valence-corrected chi connectivity index (χ4v) is 7.69. The summed E-state index contributed by atoms with van der Waals surface area (Å²) < 4.78 is 13.4. The van der Waals surface area contributed by atoms with Gasteiger partial charge in [0.15, 0.2) is 17.5 Å². The molecule has 0 unspecified atom stereocenters. The van der Waals surface area contributed by atoms with Crippen molar-refractivity contribution in [3.63, 3.8) is 0 Å². The Morgan fingerprint density at radius 3 is 1.56 bits per heavy atom. The van der Waals surface area contributed by atoms with Gasteiger partial charge >= 0.3 is 0 Å². The first-order valence-electron chi connectivity index (χ1n) is 17.4. The third-order valence-electron chi connectivity index (χ3n) is 10.1. The number of benzene rings is 8. The summed E-state index contributed by atoms with van der Waals surface area (Å²) >= 11 is 0. The molecule has 3 aromatic heterocycles. The van der Waals surface area contributed by atoms with Crippen LogP contribution in [-0.2, 0) is 0 Å². The van der Waals surface area contributed by atoms with E-state index in [9.17, 15) is 0 Å². The quantitative estimate of drug-likeness (QED) is 0.187. The third-order valence-corrected chi connectivity index (χ3v) is 10.1. The van der Waals surface area contributed by atoms with E-state index in [0.717, 1.165) is 93.2 Å². The van der Waals surface area contributed by atoms with E-state index in [2.05, 4.69) is 78.9 Å². The van der Waals surface area contributed by atoms with Crippen molar-refractivity contribution in [2.24, 2.45) is 0 Å². The van der Waals surface area contributed by atoms with Gasteiger partial charge in [-0.1, -0.05) is 127 Å². The molecule has 0 aliphatic rings. The second-order valence-electron chi connectivity index (χ2n) is 13.1. The van der Waals surface area contributed by atoms with Crippen molar-refractivity contribution >= 4 is 65.4 Å². The summed E-state index contributed by atoms with van der Waals surface area (Å²) in [7, 11) is 0. The summed E-state index contributed by atoms with van der Waals surface area (Å²) in [6, 6.07) is 56.2. The lowest BCUT2D eigenvalue weighted by Crippen LogP contribution is -2.01. The van der Waals surface area contributed by atoms with Crippen molar-refractivity contribution < 1.29 is 8.83 Å². The SMILES string of the molecule is c1ccc(-c2nc(-c3ccccc3)nc(-c3cc4ccccc4cc3-c3cc4oc5ccccc5c4c4c3ccc3c5ccccc5oc34)n2)cc1. The second-order valence-corrected chi connectivity index (χ2v) is 13.1. The highest BCUT2D eigenvalue weighted by molar-refractivity contribution is 6.30. The van der Waals surface area contributed by atoms with Crippen LogP contribution < -0.4 is 0 Å². The Bertz CT molecular complexity index is 3120. The van der Waals surface area contributed by atoms with E-state index in [0.29, 0.717) is 17.5 Å². The number of para-hydroxylation sites is 2. The van der Waals surface area contributed by atoms with Crippen LogP contribution in [0.2, 0.25) is 0 Å². The Morgan fingerprint density at radius 2 is 0.865 bits per heavy atom. The first-order chi connectivity index (χ1) is 25.8. The standard InChI is InChI=1S/C47H27N3O2/c1-3-13-28(14-4-1)45-48-46(29-15-5-2-6-16-29)50-47(49-45)38-26-31-18-8-7-17-30(31)25-36(38)37-27-41-42(35-20-10-12-22-40(35)51-41)43-33(37)23-24-34-32-19-9-11-21-39(32)52-44(34)43/h1-27H. The van der Waals surface area contributed by atoms with Crippen molar-refractivity contribution in [1.29, 1.82) is 0 Å². The molecule has 0 fully saturated rings. The number of fused-ring (bicyclic) bond motifs is 10. The number of hydrogen-bond acceptors (Lipinski definition) is 5. The molecule has 0 radical (unpaired) electrons. The molecule has 0 amide bonds. The molecule has 242 valence electrons. The fourth-order valence-electron chi connectivity index (χ4n) is 7.69. The Hall–Kier alpha value is -7.11. The minimum atomic E-state index is 0.594. The fraction of sp³-hybridized carbons (Fsp3) is 0. The van der Waals surface area contributed by atoms with Crippen LogP contribution in [0, 0.1) is 0 Å². The highest BCUT2D eigenvalue weighted by Gasteiger charge is 2.23. The number of furan rings is 2. The third kappa shape index (κ3) is 4.39. The maximum Gasteiger partial charge on any atom is 0.164 e. The minimum Gasteiger partial charge on any atom is -0.456 e. The van der Waals surface area contributed by atoms with Crippen molar-refractivity contribution in [1.82, 2.24) is 15.0 Å². The smallest absolute Gasteiger partial charge is 0.164 e. The summed E-state index contributed by atoms with van der Waals surface area (Å²) in [5.74, 6) is 1.83. The summed E-state index contributed by atoms with van der Waals surface area (Å²) in [4.78, 5) is 15.4. The van der Waals surface area contributed by atoms with E-state index >= 15 is 0 Å². The van der Waals surface area contributed by atoms with E-state index < -0.39 is 0 Å². The van der Waals surface area contributed by atoms with Crippen LogP contribution in [0.15, 0.2) is 173 Å². The molecule has 0 spiro atoms. The van der Waals surface area contributed by atoms with Crippen molar-refractivity contribution in [2.75, 3.05) is 0 Å². The zero-order chi connectivity index (χ0) is 34.2. The van der Waals surface area contributed by atoms with Gasteiger partial charge in [-0.15, -0.1) is 0 Å². The monoisotopic (exact) mass is 665 g/mol. The first-order valence-corrected chi connectivity index (χ1v) is 17.4. The van der Waals surface area contributed by atoms with Crippen LogP contribution in [0.1, 0.15) is 0 Å². The maximum atomic E-state index is 6.72. The minimum absolute atomic E-state index is 0.594. The van der Waals surface area contributed by atoms with E-state index in [-0.39, 0.29) is 0 Å². The zero-order valence-corrected chi connectivity index (χ0v) is 27.7. The van der Waals surface area contributed by atoms with Crippen LogP contribution in [-0.4, -0.2) is 15.0 Å². The molecule has 11 rings (SSSR count). The molecule has 0 aliphatic carbocycles. The number of aromatic nitrogens is 3. The Balaban J connectivity index is 1.28. The Kier molecular flexibility index (Phi) is 6.18. The van der Waals surface area contributed by atoms with Crippen LogP contribution >= 0.6 is 0 Å². The molecule has 0 bridgehead atoms. The molecule has 0 aliphatic heterocycles. The Labute approximate surface area is 297 Å². The highest BCUT2D eigenvalue weighted by atomic mass is 16.3. The van der Waals surface area contributed by atoms with Gasteiger partial charge in [0, 0.05) is 43.6 Å². The van der Waals surface area contributed by atoms with E-state index in [1.807, 2.05) is 84.9 Å². The number of rotatable bonds is 4. The van der Waals surface area contributed by atoms with Gasteiger partial charge in [-0.25, -0.2) is 15.0 Å². The topological polar surface area (TPSA) is 65.0 Å². The van der Waals surface area contributed by atoms with E-state index in [1.165, 1.54) is 0 Å². The second kappa shape index (κ2) is 11.2. The van der Waals surface area contributed by atoms with Gasteiger partial charge in [0.05, 0.1) is 0 Å². The molecule has 5 nitrogen and oxygen atoms in total. The van der Waals surface area contributed by atoms with Crippen LogP contribution in [0.25, 0.3) is 111 Å². The van der Waals surface area contributed by atoms with Crippen LogP contribution in [0.3, 0.4) is 0 Å². The first kappa shape index (κ1) is 28.7. The van der Waals surface area contributed by atoms with Gasteiger partial charge in [0.25, 0.3) is 0 Å². The number of nitrogens with zero attached hydrogens (tertiary/aromatic N) is 3. The average molecular weight is 666 g/mol. The predicted molar refractivity (Wildman–Crippen MR) is 211 cm³/mol. The summed E-state index contributed by atoms with van der Waals surface area (Å²) in [5.41, 5.74) is 8.07. The normalized spacial score (nSPS) is 11.8. The van der Waals surface area contributed by atoms with E-state index in [1.54, 1.807) is 0 Å². The van der Waals surface area contributed by atoms with Crippen molar-refractivity contribution in [2.45, 2.75) is 0 Å². The molecule has 0 atom stereocenters. The zero-order valence-electron chi connectivity index (χ0n) is 27.7. The largest absolute Gasteiger partial charge is 0.456 e.